The van der Waals surface area contributed by atoms with Crippen LogP contribution in [0.15, 0.2) is 18.4 Å². The predicted molar refractivity (Wildman–Crippen MR) is 54.5 cm³/mol. The van der Waals surface area contributed by atoms with Gasteiger partial charge in [0.15, 0.2) is 6.04 Å². The third kappa shape index (κ3) is 6.35. The second kappa shape index (κ2) is 5.22. The zero-order valence-electron chi connectivity index (χ0n) is 9.03. The van der Waals surface area contributed by atoms with Gasteiger partial charge in [0.1, 0.15) is 5.60 Å². The molecule has 0 aromatic heterocycles. The van der Waals surface area contributed by atoms with Gasteiger partial charge in [-0.2, -0.15) is 0 Å². The number of alkyl carbamates (subject to hydrolysis) is 1. The van der Waals surface area contributed by atoms with Gasteiger partial charge in [0, 0.05) is 0 Å². The summed E-state index contributed by atoms with van der Waals surface area (Å²) in [7, 11) is 0. The monoisotopic (exact) mass is 213 g/mol. The molecule has 0 aromatic rings. The molecule has 15 heavy (non-hydrogen) atoms. The molecule has 0 aliphatic rings. The summed E-state index contributed by atoms with van der Waals surface area (Å²) >= 11 is 0. The van der Waals surface area contributed by atoms with Crippen molar-refractivity contribution in [2.75, 3.05) is 0 Å². The Hall–Kier alpha value is -1.74. The first kappa shape index (κ1) is 13.3. The van der Waals surface area contributed by atoms with Crippen molar-refractivity contribution in [2.45, 2.75) is 32.4 Å². The third-order valence-corrected chi connectivity index (χ3v) is 1.22. The van der Waals surface area contributed by atoms with Gasteiger partial charge in [-0.3, -0.25) is 0 Å². The molecule has 0 rings (SSSR count). The maximum atomic E-state index is 11.2. The molecule has 0 aromatic carbocycles. The molecule has 0 saturated carbocycles. The zero-order valence-corrected chi connectivity index (χ0v) is 9.03. The van der Waals surface area contributed by atoms with E-state index in [2.05, 4.69) is 17.6 Å². The van der Waals surface area contributed by atoms with Crippen LogP contribution in [0.2, 0.25) is 0 Å². The highest BCUT2D eigenvalue weighted by atomic mass is 16.6. The maximum Gasteiger partial charge on any atom is 0.408 e. The summed E-state index contributed by atoms with van der Waals surface area (Å²) in [6, 6.07) is -1.17. The number of hydrogen-bond donors (Lipinski definition) is 2. The Kier molecular flexibility index (Phi) is 4.61. The van der Waals surface area contributed by atoms with E-state index in [4.69, 9.17) is 9.84 Å². The highest BCUT2D eigenvalue weighted by Gasteiger charge is 2.21. The van der Waals surface area contributed by atoms with E-state index in [0.717, 1.165) is 6.08 Å². The highest BCUT2D eigenvalue weighted by molar-refractivity contribution is 5.81. The summed E-state index contributed by atoms with van der Waals surface area (Å²) in [4.78, 5) is 21.8. The minimum atomic E-state index is -1.20. The smallest absolute Gasteiger partial charge is 0.408 e. The zero-order chi connectivity index (χ0) is 12.1. The minimum absolute atomic E-state index is 0.662. The van der Waals surface area contributed by atoms with Gasteiger partial charge in [0.25, 0.3) is 0 Å². The fourth-order valence-corrected chi connectivity index (χ4v) is 0.727. The molecule has 1 atom stereocenters. The molecule has 5 heteroatoms. The lowest BCUT2D eigenvalue weighted by molar-refractivity contribution is -0.138. The van der Waals surface area contributed by atoms with Gasteiger partial charge in [0.2, 0.25) is 0 Å². The molecule has 1 unspecified atom stereocenters. The number of ether oxygens (including phenoxy) is 1. The standard InChI is InChI=1S/C10H15NO4/c1-5-6-7(8(12)13)11-9(14)15-10(2,3)4/h6-7H,1H2,2-4H3,(H,11,14)(H,12,13). The first-order valence-electron chi connectivity index (χ1n) is 4.34. The van der Waals surface area contributed by atoms with Gasteiger partial charge in [0.05, 0.1) is 0 Å². The summed E-state index contributed by atoms with van der Waals surface area (Å²) in [5, 5.41) is 10.8. The van der Waals surface area contributed by atoms with Crippen LogP contribution in [0, 0.1) is 0 Å². The van der Waals surface area contributed by atoms with Gasteiger partial charge in [-0.25, -0.2) is 9.59 Å². The molecule has 2 N–H and O–H groups in total. The Morgan fingerprint density at radius 1 is 1.53 bits per heavy atom. The van der Waals surface area contributed by atoms with Crippen LogP contribution in [0.5, 0.6) is 0 Å². The first-order chi connectivity index (χ1) is 6.76. The Morgan fingerprint density at radius 3 is 2.40 bits per heavy atom. The fourth-order valence-electron chi connectivity index (χ4n) is 0.727. The Labute approximate surface area is 88.4 Å². The SMILES string of the molecule is C=C=CC(NC(=O)OC(C)(C)C)C(=O)O. The average Bonchev–Trinajstić information content (AvgIpc) is 1.99. The van der Waals surface area contributed by atoms with Crippen molar-refractivity contribution in [3.63, 3.8) is 0 Å². The van der Waals surface area contributed by atoms with Crippen molar-refractivity contribution < 1.29 is 19.4 Å². The van der Waals surface area contributed by atoms with Crippen LogP contribution < -0.4 is 5.32 Å². The summed E-state index contributed by atoms with van der Waals surface area (Å²) in [6.07, 6.45) is 0.341. The Bertz CT molecular complexity index is 295. The number of hydrogen-bond acceptors (Lipinski definition) is 3. The molecule has 0 aliphatic heterocycles. The number of carbonyl (C=O) groups is 2. The number of rotatable bonds is 3. The van der Waals surface area contributed by atoms with Crippen molar-refractivity contribution in [3.05, 3.63) is 18.4 Å². The maximum absolute atomic E-state index is 11.2. The topological polar surface area (TPSA) is 75.6 Å². The van der Waals surface area contributed by atoms with Crippen LogP contribution in [-0.4, -0.2) is 28.8 Å². The largest absolute Gasteiger partial charge is 0.479 e. The van der Waals surface area contributed by atoms with E-state index < -0.39 is 23.7 Å². The molecule has 0 saturated heterocycles. The molecule has 0 radical (unpaired) electrons. The quantitative estimate of drug-likeness (QED) is 0.693. The lowest BCUT2D eigenvalue weighted by Crippen LogP contribution is -2.42. The summed E-state index contributed by atoms with van der Waals surface area (Å²) < 4.78 is 4.88. The summed E-state index contributed by atoms with van der Waals surface area (Å²) in [5.41, 5.74) is 1.63. The number of aliphatic carboxylic acids is 1. The normalized spacial score (nSPS) is 12.2. The van der Waals surface area contributed by atoms with Gasteiger partial charge >= 0.3 is 12.1 Å². The number of carbonyl (C=O) groups excluding carboxylic acids is 1. The van der Waals surface area contributed by atoms with Gasteiger partial charge < -0.3 is 15.2 Å². The van der Waals surface area contributed by atoms with E-state index >= 15 is 0 Å². The van der Waals surface area contributed by atoms with Gasteiger partial charge in [-0.05, 0) is 26.8 Å². The molecular formula is C10H15NO4. The van der Waals surface area contributed by atoms with Gasteiger partial charge in [-0.15, -0.1) is 5.73 Å². The first-order valence-corrected chi connectivity index (χ1v) is 4.34. The Morgan fingerprint density at radius 2 is 2.07 bits per heavy atom. The van der Waals surface area contributed by atoms with Crippen molar-refractivity contribution >= 4 is 12.1 Å². The van der Waals surface area contributed by atoms with Crippen molar-refractivity contribution in [1.29, 1.82) is 0 Å². The molecule has 1 amide bonds. The molecule has 0 bridgehead atoms. The van der Waals surface area contributed by atoms with Crippen molar-refractivity contribution in [1.82, 2.24) is 5.32 Å². The van der Waals surface area contributed by atoms with Crippen LogP contribution in [0.4, 0.5) is 4.79 Å². The lowest BCUT2D eigenvalue weighted by Gasteiger charge is -2.20. The molecule has 0 heterocycles. The van der Waals surface area contributed by atoms with Crippen LogP contribution in [-0.2, 0) is 9.53 Å². The second-order valence-corrected chi connectivity index (χ2v) is 3.83. The average molecular weight is 213 g/mol. The highest BCUT2D eigenvalue weighted by Crippen LogP contribution is 2.06. The molecule has 0 spiro atoms. The third-order valence-electron chi connectivity index (χ3n) is 1.22. The van der Waals surface area contributed by atoms with E-state index in [-0.39, 0.29) is 0 Å². The van der Waals surface area contributed by atoms with Crippen LogP contribution in [0.25, 0.3) is 0 Å². The van der Waals surface area contributed by atoms with Gasteiger partial charge in [-0.1, -0.05) is 6.58 Å². The van der Waals surface area contributed by atoms with E-state index in [1.165, 1.54) is 0 Å². The molecule has 0 fully saturated rings. The predicted octanol–water partition coefficient (Wildman–Crippen LogP) is 1.31. The molecular weight excluding hydrogens is 198 g/mol. The number of amides is 1. The van der Waals surface area contributed by atoms with Crippen molar-refractivity contribution in [3.8, 4) is 0 Å². The van der Waals surface area contributed by atoms with Crippen molar-refractivity contribution in [2.24, 2.45) is 0 Å². The van der Waals surface area contributed by atoms with Crippen LogP contribution in [0.1, 0.15) is 20.8 Å². The fraction of sp³-hybridized carbons (Fsp3) is 0.500. The van der Waals surface area contributed by atoms with E-state index in [9.17, 15) is 9.59 Å². The number of carboxylic acids is 1. The van der Waals surface area contributed by atoms with E-state index in [1.807, 2.05) is 0 Å². The number of carboxylic acid groups (broad SMARTS) is 1. The second-order valence-electron chi connectivity index (χ2n) is 3.83. The van der Waals surface area contributed by atoms with E-state index in [1.54, 1.807) is 20.8 Å². The lowest BCUT2D eigenvalue weighted by atomic mass is 10.2. The van der Waals surface area contributed by atoms with Crippen LogP contribution in [0.3, 0.4) is 0 Å². The van der Waals surface area contributed by atoms with Crippen LogP contribution >= 0.6 is 0 Å². The molecule has 0 aliphatic carbocycles. The summed E-state index contributed by atoms with van der Waals surface area (Å²) in [5.74, 6) is -1.20. The molecule has 84 valence electrons. The number of nitrogens with one attached hydrogen (secondary N) is 1. The summed E-state index contributed by atoms with van der Waals surface area (Å²) in [6.45, 7) is 8.29. The van der Waals surface area contributed by atoms with E-state index in [0.29, 0.717) is 0 Å². The minimum Gasteiger partial charge on any atom is -0.479 e. The molecule has 5 nitrogen and oxygen atoms in total. The Balaban J connectivity index is 4.37.